The van der Waals surface area contributed by atoms with Crippen LogP contribution >= 0.6 is 0 Å². The molecule has 0 atom stereocenters. The first-order valence-electron chi connectivity index (χ1n) is 6.48. The minimum Gasteiger partial charge on any atom is -0.463 e. The summed E-state index contributed by atoms with van der Waals surface area (Å²) in [5.74, 6) is -0.439. The molecule has 1 saturated heterocycles. The molecule has 0 radical (unpaired) electrons. The van der Waals surface area contributed by atoms with Gasteiger partial charge in [0, 0.05) is 23.9 Å². The van der Waals surface area contributed by atoms with Crippen molar-refractivity contribution < 1.29 is 14.3 Å². The molecule has 1 N–H and O–H groups in total. The molecule has 1 aliphatic rings. The number of rotatable bonds is 4. The fourth-order valence-corrected chi connectivity index (χ4v) is 1.93. The van der Waals surface area contributed by atoms with Crippen LogP contribution in [0.5, 0.6) is 0 Å². The second kappa shape index (κ2) is 7.69. The number of esters is 1. The number of hydrogen-bond donors (Lipinski definition) is 1. The maximum Gasteiger partial charge on any atom is 0.330 e. The van der Waals surface area contributed by atoms with Crippen LogP contribution in [0.1, 0.15) is 39.5 Å². The molecule has 18 heavy (non-hydrogen) atoms. The van der Waals surface area contributed by atoms with Crippen LogP contribution in [0.25, 0.3) is 0 Å². The van der Waals surface area contributed by atoms with Crippen molar-refractivity contribution >= 4 is 11.8 Å². The quantitative estimate of drug-likeness (QED) is 0.614. The molecule has 1 fully saturated rings. The number of carbonyl (C=O) groups is 2. The molecule has 0 saturated carbocycles. The first-order valence-corrected chi connectivity index (χ1v) is 6.48. The highest BCUT2D eigenvalue weighted by Crippen LogP contribution is 2.16. The fourth-order valence-electron chi connectivity index (χ4n) is 1.93. The highest BCUT2D eigenvalue weighted by molar-refractivity contribution is 5.98. The Morgan fingerprint density at radius 2 is 2.06 bits per heavy atom. The van der Waals surface area contributed by atoms with E-state index in [9.17, 15) is 9.59 Å². The Morgan fingerprint density at radius 1 is 1.28 bits per heavy atom. The lowest BCUT2D eigenvalue weighted by molar-refractivity contribution is -0.137. The maximum atomic E-state index is 11.6. The van der Waals surface area contributed by atoms with Gasteiger partial charge in [-0.1, -0.05) is 6.42 Å². The van der Waals surface area contributed by atoms with E-state index in [1.54, 1.807) is 13.0 Å². The molecular weight excluding hydrogens is 230 g/mol. The molecule has 4 nitrogen and oxygen atoms in total. The number of nitrogens with one attached hydrogen (secondary N) is 1. The van der Waals surface area contributed by atoms with Gasteiger partial charge in [-0.15, -0.1) is 0 Å². The molecule has 0 bridgehead atoms. The largest absolute Gasteiger partial charge is 0.463 e. The van der Waals surface area contributed by atoms with E-state index >= 15 is 0 Å². The minimum atomic E-state index is -0.412. The van der Waals surface area contributed by atoms with E-state index in [-0.39, 0.29) is 5.78 Å². The van der Waals surface area contributed by atoms with E-state index in [0.717, 1.165) is 31.5 Å². The van der Waals surface area contributed by atoms with Crippen LogP contribution in [0, 0.1) is 0 Å². The molecule has 0 aromatic rings. The Morgan fingerprint density at radius 3 is 2.72 bits per heavy atom. The smallest absolute Gasteiger partial charge is 0.330 e. The van der Waals surface area contributed by atoms with E-state index in [0.29, 0.717) is 12.2 Å². The van der Waals surface area contributed by atoms with E-state index in [2.05, 4.69) is 5.32 Å². The van der Waals surface area contributed by atoms with Crippen molar-refractivity contribution in [3.05, 3.63) is 23.4 Å². The Labute approximate surface area is 108 Å². The summed E-state index contributed by atoms with van der Waals surface area (Å²) < 4.78 is 4.80. The summed E-state index contributed by atoms with van der Waals surface area (Å²) in [4.78, 5) is 22.9. The van der Waals surface area contributed by atoms with Gasteiger partial charge in [-0.3, -0.25) is 4.79 Å². The van der Waals surface area contributed by atoms with Crippen molar-refractivity contribution in [1.29, 1.82) is 0 Å². The van der Waals surface area contributed by atoms with Crippen LogP contribution in [-0.4, -0.2) is 24.9 Å². The predicted molar refractivity (Wildman–Crippen MR) is 70.0 cm³/mol. The second-order valence-corrected chi connectivity index (χ2v) is 4.27. The Bertz CT molecular complexity index is 359. The van der Waals surface area contributed by atoms with Crippen LogP contribution in [0.3, 0.4) is 0 Å². The lowest BCUT2D eigenvalue weighted by atomic mass is 10.1. The summed E-state index contributed by atoms with van der Waals surface area (Å²) in [6.45, 7) is 4.50. The standard InChI is InChI=1S/C14H21NO3/c1-3-18-14(17)9-8-12(11(2)16)13-7-5-4-6-10-15-13/h8-9,15H,3-7,10H2,1-2H3/b9-8+,13-12-. The van der Waals surface area contributed by atoms with Crippen LogP contribution in [-0.2, 0) is 14.3 Å². The Kier molecular flexibility index (Phi) is 6.19. The Hall–Kier alpha value is -1.58. The summed E-state index contributed by atoms with van der Waals surface area (Å²) in [5, 5.41) is 3.27. The van der Waals surface area contributed by atoms with Crippen LogP contribution in [0.2, 0.25) is 0 Å². The van der Waals surface area contributed by atoms with Gasteiger partial charge in [0.1, 0.15) is 0 Å². The lowest BCUT2D eigenvalue weighted by Crippen LogP contribution is -2.16. The highest BCUT2D eigenvalue weighted by Gasteiger charge is 2.11. The van der Waals surface area contributed by atoms with Crippen molar-refractivity contribution in [1.82, 2.24) is 5.32 Å². The number of carbonyl (C=O) groups excluding carboxylic acids is 2. The van der Waals surface area contributed by atoms with Gasteiger partial charge in [0.2, 0.25) is 0 Å². The zero-order valence-electron chi connectivity index (χ0n) is 11.1. The first kappa shape index (κ1) is 14.5. The molecule has 1 aliphatic heterocycles. The molecule has 0 aromatic heterocycles. The molecule has 0 amide bonds. The monoisotopic (exact) mass is 251 g/mol. The number of allylic oxidation sites excluding steroid dienone is 3. The summed E-state index contributed by atoms with van der Waals surface area (Å²) in [6.07, 6.45) is 7.11. The number of ether oxygens (including phenoxy) is 1. The molecule has 0 aliphatic carbocycles. The average molecular weight is 251 g/mol. The third-order valence-electron chi connectivity index (χ3n) is 2.82. The third-order valence-corrected chi connectivity index (χ3v) is 2.82. The van der Waals surface area contributed by atoms with Gasteiger partial charge in [0.05, 0.1) is 6.61 Å². The molecular formula is C14H21NO3. The molecule has 0 aromatic carbocycles. The number of hydrogen-bond acceptors (Lipinski definition) is 4. The molecule has 0 spiro atoms. The topological polar surface area (TPSA) is 55.4 Å². The zero-order valence-corrected chi connectivity index (χ0v) is 11.1. The molecule has 0 unspecified atom stereocenters. The normalized spacial score (nSPS) is 19.0. The average Bonchev–Trinajstić information content (AvgIpc) is 2.58. The van der Waals surface area contributed by atoms with Crippen LogP contribution < -0.4 is 5.32 Å². The van der Waals surface area contributed by atoms with Gasteiger partial charge < -0.3 is 10.1 Å². The summed E-state index contributed by atoms with van der Waals surface area (Å²) in [5.41, 5.74) is 1.53. The molecule has 1 heterocycles. The van der Waals surface area contributed by atoms with E-state index in [4.69, 9.17) is 4.74 Å². The van der Waals surface area contributed by atoms with E-state index < -0.39 is 5.97 Å². The SMILES string of the molecule is CCOC(=O)/C=C/C(C(C)=O)=C1\CCCCCN1. The maximum absolute atomic E-state index is 11.6. The van der Waals surface area contributed by atoms with Gasteiger partial charge in [0.15, 0.2) is 5.78 Å². The number of ketones is 1. The highest BCUT2D eigenvalue weighted by atomic mass is 16.5. The van der Waals surface area contributed by atoms with Crippen molar-refractivity contribution in [3.63, 3.8) is 0 Å². The van der Waals surface area contributed by atoms with Gasteiger partial charge >= 0.3 is 5.97 Å². The zero-order chi connectivity index (χ0) is 13.4. The van der Waals surface area contributed by atoms with Crippen molar-refractivity contribution in [2.24, 2.45) is 0 Å². The third kappa shape index (κ3) is 4.73. The molecule has 100 valence electrons. The molecule has 4 heteroatoms. The van der Waals surface area contributed by atoms with E-state index in [1.807, 2.05) is 0 Å². The predicted octanol–water partition coefficient (Wildman–Crippen LogP) is 2.11. The van der Waals surface area contributed by atoms with Crippen LogP contribution in [0.4, 0.5) is 0 Å². The lowest BCUT2D eigenvalue weighted by Gasteiger charge is -2.10. The first-order chi connectivity index (χ1) is 8.65. The fraction of sp³-hybridized carbons (Fsp3) is 0.571. The summed E-state index contributed by atoms with van der Waals surface area (Å²) in [7, 11) is 0. The minimum absolute atomic E-state index is 0.0278. The molecule has 1 rings (SSSR count). The van der Waals surface area contributed by atoms with E-state index in [1.165, 1.54) is 19.4 Å². The Balaban J connectivity index is 2.83. The summed E-state index contributed by atoms with van der Waals surface area (Å²) >= 11 is 0. The summed E-state index contributed by atoms with van der Waals surface area (Å²) in [6, 6.07) is 0. The van der Waals surface area contributed by atoms with Crippen LogP contribution in [0.15, 0.2) is 23.4 Å². The van der Waals surface area contributed by atoms with Gasteiger partial charge in [-0.05, 0) is 39.2 Å². The van der Waals surface area contributed by atoms with Crippen molar-refractivity contribution in [2.45, 2.75) is 39.5 Å². The number of Topliss-reactive ketones (excluding diaryl/α,β-unsaturated/α-hetero) is 1. The van der Waals surface area contributed by atoms with Gasteiger partial charge in [-0.2, -0.15) is 0 Å². The van der Waals surface area contributed by atoms with Crippen molar-refractivity contribution in [3.8, 4) is 0 Å². The van der Waals surface area contributed by atoms with Gasteiger partial charge in [-0.25, -0.2) is 4.79 Å². The second-order valence-electron chi connectivity index (χ2n) is 4.27. The van der Waals surface area contributed by atoms with Crippen molar-refractivity contribution in [2.75, 3.05) is 13.2 Å². The van der Waals surface area contributed by atoms with Gasteiger partial charge in [0.25, 0.3) is 0 Å².